The van der Waals surface area contributed by atoms with E-state index in [-0.39, 0.29) is 11.5 Å². The van der Waals surface area contributed by atoms with Gasteiger partial charge in [-0.05, 0) is 32.6 Å². The van der Waals surface area contributed by atoms with E-state index in [2.05, 4.69) is 0 Å². The maximum Gasteiger partial charge on any atom is 0.350 e. The minimum atomic E-state index is -0.338. The number of nitrogens with two attached hydrogens (primary N) is 1. The Morgan fingerprint density at radius 2 is 2.00 bits per heavy atom. The molecule has 0 atom stereocenters. The summed E-state index contributed by atoms with van der Waals surface area (Å²) in [7, 11) is 0. The summed E-state index contributed by atoms with van der Waals surface area (Å²) in [6.45, 7) is 2.25. The monoisotopic (exact) mass is 308 g/mol. The van der Waals surface area contributed by atoms with Crippen molar-refractivity contribution in [3.05, 3.63) is 15.6 Å². The van der Waals surface area contributed by atoms with Crippen molar-refractivity contribution in [3.8, 4) is 0 Å². The fourth-order valence-electron chi connectivity index (χ4n) is 3.09. The Labute approximate surface area is 130 Å². The average Bonchev–Trinajstić information content (AvgIpc) is 3.24. The fraction of sp³-hybridized carbons (Fsp3) is 0.750. The van der Waals surface area contributed by atoms with E-state index in [0.29, 0.717) is 17.4 Å². The topological polar surface area (TPSA) is 65.2 Å². The number of aromatic nitrogens is 1. The molecule has 0 unspecified atom stereocenters. The lowest BCUT2D eigenvalue weighted by Crippen LogP contribution is -2.35. The molecule has 116 valence electrons. The molecule has 2 saturated carbocycles. The highest BCUT2D eigenvalue weighted by atomic mass is 32.1. The van der Waals surface area contributed by atoms with Crippen molar-refractivity contribution in [2.75, 3.05) is 6.61 Å². The quantitative estimate of drug-likeness (QED) is 0.680. The molecule has 21 heavy (non-hydrogen) atoms. The molecule has 0 spiro atoms. The Kier molecular flexibility index (Phi) is 4.31. The lowest BCUT2D eigenvalue weighted by molar-refractivity contribution is 0.0530. The minimum Gasteiger partial charge on any atom is -0.462 e. The number of thiazole rings is 1. The van der Waals surface area contributed by atoms with Crippen LogP contribution in [0.4, 0.5) is 0 Å². The van der Waals surface area contributed by atoms with Gasteiger partial charge in [0.15, 0.2) is 0 Å². The number of hydrogen-bond donors (Lipinski definition) is 1. The Morgan fingerprint density at radius 1 is 1.33 bits per heavy atom. The summed E-state index contributed by atoms with van der Waals surface area (Å²) >= 11 is 1.48. The summed E-state index contributed by atoms with van der Waals surface area (Å²) in [6, 6.07) is 0. The largest absolute Gasteiger partial charge is 0.462 e. The van der Waals surface area contributed by atoms with Crippen molar-refractivity contribution in [3.63, 3.8) is 0 Å². The predicted octanol–water partition coefficient (Wildman–Crippen LogP) is 3.71. The first kappa shape index (κ1) is 15.0. The SMILES string of the molecule is CCOC(=O)c1sc(C2(N)CCCCCC2)nc1C1CC1. The second-order valence-corrected chi connectivity index (χ2v) is 7.30. The van der Waals surface area contributed by atoms with Crippen LogP contribution >= 0.6 is 11.3 Å². The van der Waals surface area contributed by atoms with Crippen LogP contribution in [0.15, 0.2) is 0 Å². The second-order valence-electron chi connectivity index (χ2n) is 6.30. The second kappa shape index (κ2) is 6.05. The van der Waals surface area contributed by atoms with Gasteiger partial charge in [0.1, 0.15) is 9.88 Å². The third-order valence-corrected chi connectivity index (χ3v) is 5.77. The first-order valence-electron chi connectivity index (χ1n) is 8.11. The molecule has 0 radical (unpaired) electrons. The third-order valence-electron chi connectivity index (χ3n) is 4.50. The fourth-order valence-corrected chi connectivity index (χ4v) is 4.30. The first-order valence-corrected chi connectivity index (χ1v) is 8.93. The standard InChI is InChI=1S/C16H24N2O2S/c1-2-20-14(19)13-12(11-7-8-11)18-15(21-13)16(17)9-5-3-4-6-10-16/h11H,2-10,17H2,1H3. The van der Waals surface area contributed by atoms with Crippen LogP contribution in [-0.2, 0) is 10.3 Å². The van der Waals surface area contributed by atoms with Crippen molar-refractivity contribution in [2.45, 2.75) is 69.7 Å². The molecule has 1 aromatic rings. The van der Waals surface area contributed by atoms with E-state index in [1.807, 2.05) is 6.92 Å². The van der Waals surface area contributed by atoms with E-state index in [9.17, 15) is 4.79 Å². The number of ether oxygens (including phenoxy) is 1. The molecule has 5 heteroatoms. The zero-order chi connectivity index (χ0) is 14.9. The highest BCUT2D eigenvalue weighted by Gasteiger charge is 2.38. The number of carbonyl (C=O) groups is 1. The molecular formula is C16H24N2O2S. The minimum absolute atomic E-state index is 0.222. The molecule has 1 aromatic heterocycles. The number of rotatable bonds is 4. The maximum absolute atomic E-state index is 12.2. The van der Waals surface area contributed by atoms with Gasteiger partial charge in [0.05, 0.1) is 17.8 Å². The normalized spacial score (nSPS) is 21.8. The van der Waals surface area contributed by atoms with E-state index in [0.717, 1.165) is 49.2 Å². The van der Waals surface area contributed by atoms with Crippen molar-refractivity contribution < 1.29 is 9.53 Å². The molecule has 1 heterocycles. The number of nitrogens with zero attached hydrogens (tertiary/aromatic N) is 1. The van der Waals surface area contributed by atoms with Gasteiger partial charge in [0.25, 0.3) is 0 Å². The molecule has 0 saturated heterocycles. The molecule has 3 rings (SSSR count). The molecule has 2 aliphatic carbocycles. The molecule has 2 fully saturated rings. The molecule has 2 N–H and O–H groups in total. The van der Waals surface area contributed by atoms with Crippen LogP contribution in [0, 0.1) is 0 Å². The van der Waals surface area contributed by atoms with Gasteiger partial charge in [0.2, 0.25) is 0 Å². The van der Waals surface area contributed by atoms with Gasteiger partial charge >= 0.3 is 5.97 Å². The van der Waals surface area contributed by atoms with Gasteiger partial charge in [-0.15, -0.1) is 11.3 Å². The van der Waals surface area contributed by atoms with Gasteiger partial charge in [-0.1, -0.05) is 25.7 Å². The van der Waals surface area contributed by atoms with Gasteiger partial charge in [-0.2, -0.15) is 0 Å². The molecule has 0 bridgehead atoms. The van der Waals surface area contributed by atoms with Crippen LogP contribution < -0.4 is 5.73 Å². The van der Waals surface area contributed by atoms with Crippen LogP contribution in [0.2, 0.25) is 0 Å². The smallest absolute Gasteiger partial charge is 0.350 e. The molecule has 0 aliphatic heterocycles. The zero-order valence-corrected chi connectivity index (χ0v) is 13.5. The van der Waals surface area contributed by atoms with Crippen molar-refractivity contribution in [2.24, 2.45) is 5.73 Å². The van der Waals surface area contributed by atoms with Gasteiger partial charge in [-0.3, -0.25) is 0 Å². The molecule has 0 amide bonds. The van der Waals surface area contributed by atoms with E-state index in [4.69, 9.17) is 15.5 Å². The number of esters is 1. The van der Waals surface area contributed by atoms with Crippen LogP contribution in [0.25, 0.3) is 0 Å². The number of carbonyl (C=O) groups excluding carboxylic acids is 1. The van der Waals surface area contributed by atoms with Crippen LogP contribution in [0.1, 0.15) is 84.6 Å². The van der Waals surface area contributed by atoms with E-state index in [1.54, 1.807) is 0 Å². The molecule has 0 aromatic carbocycles. The molecule has 4 nitrogen and oxygen atoms in total. The van der Waals surface area contributed by atoms with Gasteiger partial charge in [0, 0.05) is 5.92 Å². The van der Waals surface area contributed by atoms with E-state index in [1.165, 1.54) is 24.2 Å². The van der Waals surface area contributed by atoms with Gasteiger partial charge < -0.3 is 10.5 Å². The molecular weight excluding hydrogens is 284 g/mol. The summed E-state index contributed by atoms with van der Waals surface area (Å²) in [6.07, 6.45) is 9.04. The predicted molar refractivity (Wildman–Crippen MR) is 83.6 cm³/mol. The Hall–Kier alpha value is -0.940. The zero-order valence-electron chi connectivity index (χ0n) is 12.7. The highest BCUT2D eigenvalue weighted by Crippen LogP contribution is 2.45. The lowest BCUT2D eigenvalue weighted by atomic mass is 9.92. The summed E-state index contributed by atoms with van der Waals surface area (Å²) in [5.74, 6) is 0.226. The van der Waals surface area contributed by atoms with E-state index >= 15 is 0 Å². The third kappa shape index (κ3) is 3.14. The average molecular weight is 308 g/mol. The van der Waals surface area contributed by atoms with Gasteiger partial charge in [-0.25, -0.2) is 9.78 Å². The number of hydrogen-bond acceptors (Lipinski definition) is 5. The van der Waals surface area contributed by atoms with Crippen molar-refractivity contribution >= 4 is 17.3 Å². The Balaban J connectivity index is 1.91. The summed E-state index contributed by atoms with van der Waals surface area (Å²) in [5.41, 5.74) is 7.26. The summed E-state index contributed by atoms with van der Waals surface area (Å²) in [5, 5.41) is 0.953. The Bertz CT molecular complexity index is 514. The highest BCUT2D eigenvalue weighted by molar-refractivity contribution is 7.13. The lowest BCUT2D eigenvalue weighted by Gasteiger charge is -2.25. The first-order chi connectivity index (χ1) is 10.1. The van der Waals surface area contributed by atoms with E-state index < -0.39 is 0 Å². The van der Waals surface area contributed by atoms with Crippen LogP contribution in [-0.4, -0.2) is 17.6 Å². The maximum atomic E-state index is 12.2. The van der Waals surface area contributed by atoms with Crippen LogP contribution in [0.3, 0.4) is 0 Å². The van der Waals surface area contributed by atoms with Crippen molar-refractivity contribution in [1.82, 2.24) is 4.98 Å². The summed E-state index contributed by atoms with van der Waals surface area (Å²) in [4.78, 5) is 17.7. The summed E-state index contributed by atoms with van der Waals surface area (Å²) < 4.78 is 5.20. The molecule has 2 aliphatic rings. The van der Waals surface area contributed by atoms with Crippen molar-refractivity contribution in [1.29, 1.82) is 0 Å². The van der Waals surface area contributed by atoms with Crippen LogP contribution in [0.5, 0.6) is 0 Å². The Morgan fingerprint density at radius 3 is 2.57 bits per heavy atom.